The molecule has 0 spiro atoms. The normalized spacial score (nSPS) is 13.5. The largest absolute Gasteiger partial charge is 0.673 e. The fourth-order valence-electron chi connectivity index (χ4n) is 2.10. The Morgan fingerprint density at radius 1 is 0.875 bits per heavy atom. The molecule has 0 saturated heterocycles. The summed E-state index contributed by atoms with van der Waals surface area (Å²) in [4.78, 5) is 0. The van der Waals surface area contributed by atoms with Gasteiger partial charge in [-0.3, -0.25) is 0 Å². The molecule has 0 atom stereocenters. The first-order valence-electron chi connectivity index (χ1n) is 6.37. The van der Waals surface area contributed by atoms with Crippen LogP contribution in [0, 0.1) is 29.1 Å². The number of hydrogen-bond acceptors (Lipinski definition) is 1. The van der Waals surface area contributed by atoms with E-state index in [1.165, 1.54) is 6.33 Å². The molecule has 0 saturated carbocycles. The van der Waals surface area contributed by atoms with Crippen LogP contribution in [-0.2, 0) is 13.0 Å². The van der Waals surface area contributed by atoms with E-state index in [1.54, 1.807) is 4.57 Å². The molecule has 1 aliphatic heterocycles. The highest BCUT2D eigenvalue weighted by molar-refractivity contribution is 6.50. The van der Waals surface area contributed by atoms with E-state index < -0.39 is 42.0 Å². The standard InChI is InChI=1S/C11H7F5N3.BF4/c12-6-7(13)9(15)11(10(16)8(6)14)19-4-18-3-1-2-5(18)17-19;2-1(3,4)5/h4H,1-3H2;/q+1;-1. The van der Waals surface area contributed by atoms with E-state index in [4.69, 9.17) is 0 Å². The number of rotatable bonds is 1. The first kappa shape index (κ1) is 18.1. The van der Waals surface area contributed by atoms with Crippen molar-refractivity contribution in [3.05, 3.63) is 41.2 Å². The maximum atomic E-state index is 13.6. The van der Waals surface area contributed by atoms with Gasteiger partial charge in [-0.25, -0.2) is 17.7 Å². The summed E-state index contributed by atoms with van der Waals surface area (Å²) in [6.45, 7) is 0.602. The summed E-state index contributed by atoms with van der Waals surface area (Å²) in [6, 6.07) is 0. The van der Waals surface area contributed by atoms with Gasteiger partial charge in [0.25, 0.3) is 5.82 Å². The molecule has 3 nitrogen and oxygen atoms in total. The Morgan fingerprint density at radius 2 is 1.33 bits per heavy atom. The van der Waals surface area contributed by atoms with Crippen LogP contribution in [0.25, 0.3) is 5.69 Å². The first-order valence-corrected chi connectivity index (χ1v) is 6.37. The summed E-state index contributed by atoms with van der Waals surface area (Å²) in [7, 11) is -6.00. The Kier molecular flexibility index (Phi) is 4.81. The second-order valence-corrected chi connectivity index (χ2v) is 4.69. The van der Waals surface area contributed by atoms with Crippen molar-refractivity contribution in [2.45, 2.75) is 19.4 Å². The van der Waals surface area contributed by atoms with E-state index in [2.05, 4.69) is 5.10 Å². The number of aromatic nitrogens is 3. The highest BCUT2D eigenvalue weighted by atomic mass is 19.5. The van der Waals surface area contributed by atoms with Crippen LogP contribution in [0.5, 0.6) is 0 Å². The topological polar surface area (TPSA) is 21.7 Å². The van der Waals surface area contributed by atoms with E-state index in [0.29, 0.717) is 23.5 Å². The molecule has 2 heterocycles. The maximum absolute atomic E-state index is 13.6. The Morgan fingerprint density at radius 3 is 1.79 bits per heavy atom. The predicted molar refractivity (Wildman–Crippen MR) is 62.1 cm³/mol. The number of nitrogens with zero attached hydrogens (tertiary/aromatic N) is 3. The Balaban J connectivity index is 0.000000368. The lowest BCUT2D eigenvalue weighted by molar-refractivity contribution is -0.691. The summed E-state index contributed by atoms with van der Waals surface area (Å²) < 4.78 is 107. The minimum Gasteiger partial charge on any atom is -0.418 e. The van der Waals surface area contributed by atoms with Gasteiger partial charge in [-0.05, 0) is 6.42 Å². The minimum atomic E-state index is -6.00. The summed E-state index contributed by atoms with van der Waals surface area (Å²) in [5.74, 6) is -9.37. The van der Waals surface area contributed by atoms with E-state index in [1.807, 2.05) is 0 Å². The van der Waals surface area contributed by atoms with Crippen LogP contribution in [0.2, 0.25) is 0 Å². The second-order valence-electron chi connectivity index (χ2n) is 4.69. The van der Waals surface area contributed by atoms with Gasteiger partial charge in [0.05, 0.1) is 6.54 Å². The van der Waals surface area contributed by atoms with Crippen LogP contribution in [0.4, 0.5) is 39.2 Å². The average molecular weight is 363 g/mol. The quantitative estimate of drug-likeness (QED) is 0.251. The lowest BCUT2D eigenvalue weighted by Crippen LogP contribution is -2.30. The molecule has 0 aliphatic carbocycles. The molecule has 3 rings (SSSR count). The summed E-state index contributed by atoms with van der Waals surface area (Å²) in [5, 5.41) is 3.84. The highest BCUT2D eigenvalue weighted by Gasteiger charge is 2.33. The van der Waals surface area contributed by atoms with Crippen molar-refractivity contribution < 1.29 is 43.8 Å². The average Bonchev–Trinajstić information content (AvgIpc) is 3.03. The number of aryl methyl sites for hydroxylation is 2. The van der Waals surface area contributed by atoms with Gasteiger partial charge in [0.1, 0.15) is 0 Å². The molecule has 132 valence electrons. The molecule has 0 radical (unpaired) electrons. The van der Waals surface area contributed by atoms with Gasteiger partial charge >= 0.3 is 7.25 Å². The molecular formula is C11H7BF9N3. The zero-order chi connectivity index (χ0) is 18.2. The smallest absolute Gasteiger partial charge is 0.418 e. The van der Waals surface area contributed by atoms with Crippen molar-refractivity contribution in [3.8, 4) is 5.69 Å². The van der Waals surface area contributed by atoms with Crippen molar-refractivity contribution in [1.82, 2.24) is 9.78 Å². The third-order valence-electron chi connectivity index (χ3n) is 3.02. The summed E-state index contributed by atoms with van der Waals surface area (Å²) in [5.41, 5.74) is -1.06. The molecule has 0 amide bonds. The molecule has 1 aromatic carbocycles. The lowest BCUT2D eigenvalue weighted by atomic mass is 10.2. The van der Waals surface area contributed by atoms with Crippen LogP contribution in [-0.4, -0.2) is 17.0 Å². The molecule has 13 heteroatoms. The molecule has 0 bridgehead atoms. The number of fused-ring (bicyclic) bond motifs is 1. The van der Waals surface area contributed by atoms with E-state index in [9.17, 15) is 39.2 Å². The van der Waals surface area contributed by atoms with Crippen molar-refractivity contribution in [2.24, 2.45) is 0 Å². The van der Waals surface area contributed by atoms with E-state index in [-0.39, 0.29) is 0 Å². The first-order chi connectivity index (χ1) is 11.0. The van der Waals surface area contributed by atoms with Crippen molar-refractivity contribution in [3.63, 3.8) is 0 Å². The second kappa shape index (κ2) is 6.36. The Labute approximate surface area is 128 Å². The number of benzene rings is 1. The fourth-order valence-corrected chi connectivity index (χ4v) is 2.10. The Hall–Kier alpha value is -2.21. The van der Waals surface area contributed by atoms with Crippen LogP contribution >= 0.6 is 0 Å². The van der Waals surface area contributed by atoms with Crippen LogP contribution < -0.4 is 4.57 Å². The van der Waals surface area contributed by atoms with Crippen molar-refractivity contribution >= 4 is 7.25 Å². The predicted octanol–water partition coefficient (Wildman–Crippen LogP) is 3.10. The van der Waals surface area contributed by atoms with Gasteiger partial charge in [-0.2, -0.15) is 8.78 Å². The molecule has 24 heavy (non-hydrogen) atoms. The molecule has 0 N–H and O–H groups in total. The SMILES string of the molecule is F[B-](F)(F)F.Fc1c(F)c(F)c(-n2c[n+]3c(n2)CCC3)c(F)c1F. The van der Waals surface area contributed by atoms with Gasteiger partial charge in [0.2, 0.25) is 41.1 Å². The van der Waals surface area contributed by atoms with Gasteiger partial charge in [-0.1, -0.05) is 4.68 Å². The van der Waals surface area contributed by atoms with Crippen LogP contribution in [0.15, 0.2) is 6.33 Å². The molecule has 1 aromatic heterocycles. The summed E-state index contributed by atoms with van der Waals surface area (Å²) in [6.07, 6.45) is 2.66. The zero-order valence-electron chi connectivity index (χ0n) is 11.5. The van der Waals surface area contributed by atoms with Crippen LogP contribution in [0.1, 0.15) is 12.2 Å². The lowest BCUT2D eigenvalue weighted by Gasteiger charge is -2.03. The summed E-state index contributed by atoms with van der Waals surface area (Å²) >= 11 is 0. The minimum absolute atomic E-state index is 0.545. The van der Waals surface area contributed by atoms with Crippen molar-refractivity contribution in [2.75, 3.05) is 0 Å². The maximum Gasteiger partial charge on any atom is 0.673 e. The monoisotopic (exact) mass is 363 g/mol. The molecule has 2 aromatic rings. The van der Waals surface area contributed by atoms with Gasteiger partial charge < -0.3 is 17.3 Å². The third-order valence-corrected chi connectivity index (χ3v) is 3.02. The van der Waals surface area contributed by atoms with Crippen LogP contribution in [0.3, 0.4) is 0 Å². The fraction of sp³-hybridized carbons (Fsp3) is 0.273. The van der Waals surface area contributed by atoms with E-state index >= 15 is 0 Å². The molecule has 1 aliphatic rings. The molecular weight excluding hydrogens is 356 g/mol. The van der Waals surface area contributed by atoms with E-state index in [0.717, 1.165) is 6.42 Å². The zero-order valence-corrected chi connectivity index (χ0v) is 11.5. The van der Waals surface area contributed by atoms with Gasteiger partial charge in [-0.15, -0.1) is 0 Å². The van der Waals surface area contributed by atoms with Gasteiger partial charge in [0.15, 0.2) is 0 Å². The molecule has 0 fully saturated rings. The molecule has 0 unspecified atom stereocenters. The highest BCUT2D eigenvalue weighted by Crippen LogP contribution is 2.25. The number of hydrogen-bond donors (Lipinski definition) is 0. The number of halogens is 9. The third kappa shape index (κ3) is 3.65. The van der Waals surface area contributed by atoms with Crippen molar-refractivity contribution in [1.29, 1.82) is 0 Å². The van der Waals surface area contributed by atoms with Gasteiger partial charge in [0, 0.05) is 11.5 Å². The Bertz CT molecular complexity index is 715.